The van der Waals surface area contributed by atoms with Gasteiger partial charge in [0.15, 0.2) is 5.13 Å². The maximum Gasteiger partial charge on any atom is 0.269 e. The molecule has 9 heteroatoms. The first-order valence-electron chi connectivity index (χ1n) is 7.78. The zero-order chi connectivity index (χ0) is 19.0. The first-order chi connectivity index (χ1) is 13.1. The quantitative estimate of drug-likeness (QED) is 0.487. The fraction of sp³-hybridized carbons (Fsp3) is 0. The molecule has 1 aromatic carbocycles. The number of aromatic nitrogens is 2. The Morgan fingerprint density at radius 2 is 2.00 bits per heavy atom. The predicted molar refractivity (Wildman–Crippen MR) is 109 cm³/mol. The molecule has 0 fully saturated rings. The minimum atomic E-state index is -0.374. The highest BCUT2D eigenvalue weighted by Gasteiger charge is 2.24. The Morgan fingerprint density at radius 1 is 1.22 bits per heavy atom. The molecule has 7 nitrogen and oxygen atoms in total. The van der Waals surface area contributed by atoms with Gasteiger partial charge in [-0.1, -0.05) is 30.3 Å². The largest absolute Gasteiger partial charge is 0.397 e. The van der Waals surface area contributed by atoms with Crippen molar-refractivity contribution in [1.82, 2.24) is 9.97 Å². The Hall–Kier alpha value is -3.48. The summed E-state index contributed by atoms with van der Waals surface area (Å²) in [6.45, 7) is 0. The van der Waals surface area contributed by atoms with E-state index in [1.807, 2.05) is 30.3 Å². The lowest BCUT2D eigenvalue weighted by atomic mass is 9.97. The van der Waals surface area contributed by atoms with E-state index in [-0.39, 0.29) is 23.0 Å². The topological polar surface area (TPSA) is 131 Å². The second-order valence-corrected chi connectivity index (χ2v) is 7.43. The molecule has 4 aromatic rings. The van der Waals surface area contributed by atoms with Crippen LogP contribution in [-0.4, -0.2) is 15.9 Å². The normalized spacial score (nSPS) is 10.6. The summed E-state index contributed by atoms with van der Waals surface area (Å²) in [4.78, 5) is 21.8. The second-order valence-electron chi connectivity index (χ2n) is 5.54. The van der Waals surface area contributed by atoms with Crippen molar-refractivity contribution in [3.05, 3.63) is 52.3 Å². The molecule has 0 aliphatic heterocycles. The van der Waals surface area contributed by atoms with Gasteiger partial charge in [-0.25, -0.2) is 9.97 Å². The molecule has 132 valence electrons. The number of thiophene rings is 1. The molecule has 0 spiro atoms. The van der Waals surface area contributed by atoms with E-state index in [4.69, 9.17) is 11.5 Å². The van der Waals surface area contributed by atoms with Crippen LogP contribution >= 0.6 is 22.7 Å². The van der Waals surface area contributed by atoms with Gasteiger partial charge in [-0.15, -0.1) is 22.7 Å². The molecule has 0 atom stereocenters. The number of amides is 1. The molecule has 5 N–H and O–H groups in total. The number of pyridine rings is 1. The summed E-state index contributed by atoms with van der Waals surface area (Å²) in [5.41, 5.74) is 14.2. The summed E-state index contributed by atoms with van der Waals surface area (Å²) in [6, 6.07) is 11.4. The zero-order valence-electron chi connectivity index (χ0n) is 13.8. The van der Waals surface area contributed by atoms with Gasteiger partial charge in [0.1, 0.15) is 27.2 Å². The van der Waals surface area contributed by atoms with Crippen molar-refractivity contribution in [1.29, 1.82) is 5.26 Å². The zero-order valence-corrected chi connectivity index (χ0v) is 15.4. The van der Waals surface area contributed by atoms with Crippen LogP contribution in [0.1, 0.15) is 15.2 Å². The van der Waals surface area contributed by atoms with Gasteiger partial charge in [-0.05, 0) is 5.56 Å². The van der Waals surface area contributed by atoms with E-state index < -0.39 is 0 Å². The number of carbonyl (C=O) groups excluding carboxylic acids is 1. The van der Waals surface area contributed by atoms with Crippen LogP contribution < -0.4 is 16.8 Å². The molecule has 27 heavy (non-hydrogen) atoms. The van der Waals surface area contributed by atoms with Crippen LogP contribution in [-0.2, 0) is 0 Å². The number of carbonyl (C=O) groups is 1. The molecule has 0 bridgehead atoms. The SMILES string of the molecule is N#Cc1c(N)nc2sc(C(=O)Nc3nccs3)c(N)c2c1-c1ccccc1. The summed E-state index contributed by atoms with van der Waals surface area (Å²) in [6.07, 6.45) is 1.60. The second kappa shape index (κ2) is 6.68. The van der Waals surface area contributed by atoms with Gasteiger partial charge < -0.3 is 11.5 Å². The lowest BCUT2D eigenvalue weighted by Gasteiger charge is -2.09. The number of rotatable bonds is 3. The van der Waals surface area contributed by atoms with Crippen LogP contribution in [0.5, 0.6) is 0 Å². The van der Waals surface area contributed by atoms with E-state index in [9.17, 15) is 10.1 Å². The number of benzene rings is 1. The highest BCUT2D eigenvalue weighted by atomic mass is 32.1. The van der Waals surface area contributed by atoms with Crippen molar-refractivity contribution in [3.63, 3.8) is 0 Å². The molecule has 4 rings (SSSR count). The average molecular weight is 392 g/mol. The lowest BCUT2D eigenvalue weighted by molar-refractivity contribution is 0.103. The monoisotopic (exact) mass is 392 g/mol. The molecule has 0 saturated carbocycles. The number of nitrogen functional groups attached to an aromatic ring is 2. The standard InChI is InChI=1S/C18H12N6OS2/c19-8-10-11(9-4-2-1-3-5-9)12-13(20)14(27-17(12)23-15(10)21)16(25)24-18-22-6-7-26-18/h1-7H,20H2,(H2,21,23)(H,22,24,25). The van der Waals surface area contributed by atoms with Crippen LogP contribution in [0, 0.1) is 11.3 Å². The number of thiazole rings is 1. The van der Waals surface area contributed by atoms with E-state index in [1.54, 1.807) is 11.6 Å². The summed E-state index contributed by atoms with van der Waals surface area (Å²) in [7, 11) is 0. The molecule has 0 saturated heterocycles. The van der Waals surface area contributed by atoms with Gasteiger partial charge in [-0.2, -0.15) is 5.26 Å². The van der Waals surface area contributed by atoms with Crippen molar-refractivity contribution in [2.24, 2.45) is 0 Å². The first-order valence-corrected chi connectivity index (χ1v) is 9.47. The third kappa shape index (κ3) is 2.87. The molecule has 0 radical (unpaired) electrons. The Labute approximate surface area is 161 Å². The van der Waals surface area contributed by atoms with Crippen LogP contribution in [0.15, 0.2) is 41.9 Å². The summed E-state index contributed by atoms with van der Waals surface area (Å²) in [5, 5.41) is 15.1. The molecular formula is C18H12N6OS2. The van der Waals surface area contributed by atoms with Crippen molar-refractivity contribution >= 4 is 55.4 Å². The van der Waals surface area contributed by atoms with E-state index in [1.165, 1.54) is 11.3 Å². The third-order valence-corrected chi connectivity index (χ3v) is 5.72. The number of nitriles is 1. The van der Waals surface area contributed by atoms with E-state index >= 15 is 0 Å². The van der Waals surface area contributed by atoms with Gasteiger partial charge in [0.25, 0.3) is 5.91 Å². The third-order valence-electron chi connectivity index (χ3n) is 3.94. The number of nitrogens with one attached hydrogen (secondary N) is 1. The Kier molecular flexibility index (Phi) is 4.19. The van der Waals surface area contributed by atoms with Gasteiger partial charge in [0.05, 0.1) is 5.69 Å². The number of hydrogen-bond donors (Lipinski definition) is 3. The van der Waals surface area contributed by atoms with Gasteiger partial charge >= 0.3 is 0 Å². The number of fused-ring (bicyclic) bond motifs is 1. The number of nitrogens with two attached hydrogens (primary N) is 2. The summed E-state index contributed by atoms with van der Waals surface area (Å²) in [5.74, 6) is -0.265. The van der Waals surface area contributed by atoms with Crippen LogP contribution in [0.4, 0.5) is 16.6 Å². The number of nitrogens with zero attached hydrogens (tertiary/aromatic N) is 3. The highest BCUT2D eigenvalue weighted by molar-refractivity contribution is 7.21. The molecule has 0 unspecified atom stereocenters. The van der Waals surface area contributed by atoms with Crippen LogP contribution in [0.2, 0.25) is 0 Å². The Balaban J connectivity index is 1.95. The van der Waals surface area contributed by atoms with E-state index in [0.29, 0.717) is 25.8 Å². The van der Waals surface area contributed by atoms with Gasteiger partial charge in [0, 0.05) is 22.5 Å². The average Bonchev–Trinajstić information content (AvgIpc) is 3.29. The van der Waals surface area contributed by atoms with Crippen molar-refractivity contribution in [2.45, 2.75) is 0 Å². The minimum Gasteiger partial charge on any atom is -0.397 e. The van der Waals surface area contributed by atoms with Crippen molar-refractivity contribution in [2.75, 3.05) is 16.8 Å². The van der Waals surface area contributed by atoms with E-state index in [0.717, 1.165) is 16.9 Å². The van der Waals surface area contributed by atoms with Crippen molar-refractivity contribution in [3.8, 4) is 17.2 Å². The fourth-order valence-electron chi connectivity index (χ4n) is 2.78. The molecule has 1 amide bonds. The minimum absolute atomic E-state index is 0.108. The predicted octanol–water partition coefficient (Wildman–Crippen LogP) is 3.71. The summed E-state index contributed by atoms with van der Waals surface area (Å²) >= 11 is 2.44. The molecule has 3 aromatic heterocycles. The van der Waals surface area contributed by atoms with Gasteiger partial charge in [0.2, 0.25) is 0 Å². The smallest absolute Gasteiger partial charge is 0.269 e. The van der Waals surface area contributed by atoms with Gasteiger partial charge in [-0.3, -0.25) is 10.1 Å². The van der Waals surface area contributed by atoms with Crippen LogP contribution in [0.25, 0.3) is 21.3 Å². The Morgan fingerprint density at radius 3 is 2.67 bits per heavy atom. The molecule has 0 aliphatic carbocycles. The van der Waals surface area contributed by atoms with E-state index in [2.05, 4.69) is 21.4 Å². The molecule has 0 aliphatic rings. The highest BCUT2D eigenvalue weighted by Crippen LogP contribution is 2.42. The Bertz CT molecular complexity index is 1190. The lowest BCUT2D eigenvalue weighted by Crippen LogP contribution is -2.11. The maximum atomic E-state index is 12.7. The maximum absolute atomic E-state index is 12.7. The fourth-order valence-corrected chi connectivity index (χ4v) is 4.32. The summed E-state index contributed by atoms with van der Waals surface area (Å²) < 4.78 is 0. The number of hydrogen-bond acceptors (Lipinski definition) is 8. The first kappa shape index (κ1) is 17.0. The molecule has 3 heterocycles. The van der Waals surface area contributed by atoms with Crippen LogP contribution in [0.3, 0.4) is 0 Å². The number of anilines is 3. The molecular weight excluding hydrogens is 380 g/mol. The van der Waals surface area contributed by atoms with Crippen molar-refractivity contribution < 1.29 is 4.79 Å².